The molecule has 1 N–H and O–H groups in total. The maximum atomic E-state index is 12.7. The zero-order chi connectivity index (χ0) is 22.9. The summed E-state index contributed by atoms with van der Waals surface area (Å²) in [5.74, 6) is -1.11. The highest BCUT2D eigenvalue weighted by Crippen LogP contribution is 2.44. The molecule has 2 saturated heterocycles. The number of fused-ring (bicyclic) bond motifs is 1. The van der Waals surface area contributed by atoms with Gasteiger partial charge in [-0.1, -0.05) is 11.3 Å². The summed E-state index contributed by atoms with van der Waals surface area (Å²) in [5.41, 5.74) is 2.64. The van der Waals surface area contributed by atoms with Crippen molar-refractivity contribution in [2.75, 3.05) is 42.6 Å². The van der Waals surface area contributed by atoms with Gasteiger partial charge in [0.1, 0.15) is 18.7 Å². The number of carboxylic acid groups (broad SMARTS) is 1. The summed E-state index contributed by atoms with van der Waals surface area (Å²) in [6.45, 7) is 3.64. The van der Waals surface area contributed by atoms with Gasteiger partial charge in [-0.15, -0.1) is 10.2 Å². The van der Waals surface area contributed by atoms with Crippen LogP contribution in [0.4, 0.5) is 24.0 Å². The summed E-state index contributed by atoms with van der Waals surface area (Å²) < 4.78 is 43.0. The van der Waals surface area contributed by atoms with E-state index in [1.807, 2.05) is 23.1 Å². The fraction of sp³-hybridized carbons (Fsp3) is 0.474. The lowest BCUT2D eigenvalue weighted by molar-refractivity contribution is -0.192. The Labute approximate surface area is 184 Å². The van der Waals surface area contributed by atoms with E-state index < -0.39 is 12.1 Å². The van der Waals surface area contributed by atoms with E-state index >= 15 is 0 Å². The Morgan fingerprint density at radius 1 is 1.19 bits per heavy atom. The van der Waals surface area contributed by atoms with Crippen molar-refractivity contribution in [2.24, 2.45) is 5.41 Å². The van der Waals surface area contributed by atoms with Gasteiger partial charge in [0.2, 0.25) is 11.0 Å². The van der Waals surface area contributed by atoms with Crippen LogP contribution >= 0.6 is 11.3 Å². The molecular weight excluding hydrogens is 453 g/mol. The van der Waals surface area contributed by atoms with Crippen LogP contribution in [-0.2, 0) is 9.59 Å². The Morgan fingerprint density at radius 3 is 2.56 bits per heavy atom. The molecule has 172 valence electrons. The first-order valence-corrected chi connectivity index (χ1v) is 10.6. The molecule has 0 bridgehead atoms. The average molecular weight is 472 g/mol. The Balaban J connectivity index is 0.000000307. The van der Waals surface area contributed by atoms with Gasteiger partial charge in [-0.25, -0.2) is 4.79 Å². The minimum atomic E-state index is -5.08. The molecular formula is C19H19F3N4O5S. The third-order valence-corrected chi connectivity index (χ3v) is 6.21. The Morgan fingerprint density at radius 2 is 1.91 bits per heavy atom. The summed E-state index contributed by atoms with van der Waals surface area (Å²) in [7, 11) is 0. The number of aliphatic carboxylic acids is 1. The minimum Gasteiger partial charge on any atom is -0.486 e. The first kappa shape index (κ1) is 22.1. The van der Waals surface area contributed by atoms with Gasteiger partial charge in [-0.2, -0.15) is 13.2 Å². The van der Waals surface area contributed by atoms with Crippen molar-refractivity contribution in [1.29, 1.82) is 0 Å². The van der Waals surface area contributed by atoms with Crippen molar-refractivity contribution in [2.45, 2.75) is 19.0 Å². The zero-order valence-electron chi connectivity index (χ0n) is 16.7. The predicted molar refractivity (Wildman–Crippen MR) is 107 cm³/mol. The molecule has 13 heteroatoms. The van der Waals surface area contributed by atoms with Crippen LogP contribution in [0.3, 0.4) is 0 Å². The summed E-state index contributed by atoms with van der Waals surface area (Å²) >= 11 is 1.55. The van der Waals surface area contributed by atoms with E-state index in [0.29, 0.717) is 19.6 Å². The summed E-state index contributed by atoms with van der Waals surface area (Å²) in [5, 5.41) is 16.2. The molecule has 9 nitrogen and oxygen atoms in total. The second-order valence-corrected chi connectivity index (χ2v) is 8.49. The van der Waals surface area contributed by atoms with Crippen molar-refractivity contribution >= 4 is 34.0 Å². The fourth-order valence-electron chi connectivity index (χ4n) is 4.01. The number of carbonyl (C=O) groups excluding carboxylic acids is 1. The molecule has 0 aliphatic carbocycles. The number of halogens is 3. The number of anilines is 2. The van der Waals surface area contributed by atoms with E-state index in [-0.39, 0.29) is 11.3 Å². The molecule has 1 atom stereocenters. The van der Waals surface area contributed by atoms with Gasteiger partial charge in [0.05, 0.1) is 0 Å². The van der Waals surface area contributed by atoms with Gasteiger partial charge >= 0.3 is 12.1 Å². The van der Waals surface area contributed by atoms with Gasteiger partial charge in [-0.3, -0.25) is 4.79 Å². The molecule has 1 aromatic carbocycles. The Kier molecular flexibility index (Phi) is 5.84. The highest BCUT2D eigenvalue weighted by molar-refractivity contribution is 7.13. The van der Waals surface area contributed by atoms with Gasteiger partial charge in [0.15, 0.2) is 11.5 Å². The highest BCUT2D eigenvalue weighted by atomic mass is 32.1. The number of alkyl halides is 3. The second-order valence-electron chi connectivity index (χ2n) is 7.68. The zero-order valence-corrected chi connectivity index (χ0v) is 17.5. The number of rotatable bonds is 2. The SMILES string of the molecule is O=C(O)C(F)(F)F.O=C1CC2(CCN(c3nncs3)C2)CN1c1ccc2c(c1)OCCO2. The standard InChI is InChI=1S/C17H18N4O3S.C2HF3O2/c22-15-8-17(3-4-20(9-17)16-19-18-11-25-16)10-21(15)12-1-2-13-14(7-12)24-6-5-23-13;3-2(4,5)1(6)7/h1-2,7,11H,3-6,8-10H2;(H,6,7). The Bertz CT molecular complexity index is 1000. The van der Waals surface area contributed by atoms with E-state index in [9.17, 15) is 18.0 Å². The maximum Gasteiger partial charge on any atom is 0.490 e. The molecule has 2 aromatic rings. The van der Waals surface area contributed by atoms with Gasteiger partial charge in [0, 0.05) is 43.2 Å². The molecule has 1 spiro atoms. The fourth-order valence-corrected chi connectivity index (χ4v) is 4.60. The smallest absolute Gasteiger partial charge is 0.486 e. The predicted octanol–water partition coefficient (Wildman–Crippen LogP) is 2.58. The van der Waals surface area contributed by atoms with Crippen molar-refractivity contribution < 1.29 is 37.3 Å². The summed E-state index contributed by atoms with van der Waals surface area (Å²) in [6, 6.07) is 5.76. The van der Waals surface area contributed by atoms with Crippen LogP contribution in [0.1, 0.15) is 12.8 Å². The molecule has 0 radical (unpaired) electrons. The second kappa shape index (κ2) is 8.45. The Hall–Kier alpha value is -3.09. The molecule has 5 rings (SSSR count). The van der Waals surface area contributed by atoms with Crippen LogP contribution in [0.5, 0.6) is 11.5 Å². The monoisotopic (exact) mass is 472 g/mol. The molecule has 1 unspecified atom stereocenters. The quantitative estimate of drug-likeness (QED) is 0.711. The lowest BCUT2D eigenvalue weighted by Gasteiger charge is -2.25. The topological polar surface area (TPSA) is 105 Å². The third-order valence-electron chi connectivity index (χ3n) is 5.46. The number of amides is 1. The first-order chi connectivity index (χ1) is 15.2. The lowest BCUT2D eigenvalue weighted by atomic mass is 9.86. The molecule has 2 fully saturated rings. The average Bonchev–Trinajstić information content (AvgIpc) is 3.48. The number of nitrogens with zero attached hydrogens (tertiary/aromatic N) is 4. The van der Waals surface area contributed by atoms with E-state index in [1.165, 1.54) is 0 Å². The number of benzene rings is 1. The van der Waals surface area contributed by atoms with E-state index in [0.717, 1.165) is 48.4 Å². The van der Waals surface area contributed by atoms with Crippen molar-refractivity contribution in [3.05, 3.63) is 23.7 Å². The molecule has 3 aliphatic heterocycles. The van der Waals surface area contributed by atoms with Crippen molar-refractivity contribution in [1.82, 2.24) is 10.2 Å². The first-order valence-electron chi connectivity index (χ1n) is 9.68. The summed E-state index contributed by atoms with van der Waals surface area (Å²) in [6.07, 6.45) is -3.50. The molecule has 0 saturated carbocycles. The molecule has 32 heavy (non-hydrogen) atoms. The normalized spacial score (nSPS) is 22.2. The van der Waals surface area contributed by atoms with E-state index in [2.05, 4.69) is 15.1 Å². The maximum absolute atomic E-state index is 12.7. The van der Waals surface area contributed by atoms with Crippen LogP contribution in [0.15, 0.2) is 23.7 Å². The lowest BCUT2D eigenvalue weighted by Crippen LogP contribution is -2.31. The third kappa shape index (κ3) is 4.56. The minimum absolute atomic E-state index is 0.00395. The van der Waals surface area contributed by atoms with Crippen LogP contribution in [0.2, 0.25) is 0 Å². The number of ether oxygens (including phenoxy) is 2. The molecule has 3 aliphatic rings. The van der Waals surface area contributed by atoms with Gasteiger partial charge in [0.25, 0.3) is 0 Å². The number of hydrogen-bond acceptors (Lipinski definition) is 8. The van der Waals surface area contributed by atoms with Gasteiger partial charge < -0.3 is 24.4 Å². The van der Waals surface area contributed by atoms with E-state index in [1.54, 1.807) is 16.8 Å². The number of carboxylic acids is 1. The summed E-state index contributed by atoms with van der Waals surface area (Å²) in [4.78, 5) is 25.7. The van der Waals surface area contributed by atoms with Crippen LogP contribution in [0, 0.1) is 5.41 Å². The van der Waals surface area contributed by atoms with Crippen LogP contribution in [-0.4, -0.2) is 66.2 Å². The van der Waals surface area contributed by atoms with Crippen LogP contribution < -0.4 is 19.3 Å². The number of aromatic nitrogens is 2. The van der Waals surface area contributed by atoms with Crippen molar-refractivity contribution in [3.8, 4) is 11.5 Å². The largest absolute Gasteiger partial charge is 0.490 e. The highest BCUT2D eigenvalue weighted by Gasteiger charge is 2.48. The molecule has 1 aromatic heterocycles. The van der Waals surface area contributed by atoms with Crippen LogP contribution in [0.25, 0.3) is 0 Å². The molecule has 4 heterocycles. The van der Waals surface area contributed by atoms with Gasteiger partial charge in [-0.05, 0) is 18.6 Å². The van der Waals surface area contributed by atoms with Crippen molar-refractivity contribution in [3.63, 3.8) is 0 Å². The van der Waals surface area contributed by atoms with E-state index in [4.69, 9.17) is 19.4 Å². The number of carbonyl (C=O) groups is 2. The molecule has 1 amide bonds. The number of hydrogen-bond donors (Lipinski definition) is 1.